The van der Waals surface area contributed by atoms with Crippen molar-refractivity contribution in [2.24, 2.45) is 0 Å². The number of aromatic nitrogens is 1. The zero-order valence-electron chi connectivity index (χ0n) is 12.4. The van der Waals surface area contributed by atoms with Gasteiger partial charge in [0.1, 0.15) is 5.69 Å². The molecule has 1 saturated heterocycles. The highest BCUT2D eigenvalue weighted by Gasteiger charge is 2.16. The van der Waals surface area contributed by atoms with Crippen molar-refractivity contribution in [3.63, 3.8) is 0 Å². The van der Waals surface area contributed by atoms with Crippen LogP contribution in [0, 0.1) is 0 Å². The fourth-order valence-corrected chi connectivity index (χ4v) is 2.42. The first-order valence-electron chi connectivity index (χ1n) is 7.38. The summed E-state index contributed by atoms with van der Waals surface area (Å²) in [4.78, 5) is 20.6. The number of hydrogen-bond donors (Lipinski definition) is 1. The Bertz CT molecular complexity index is 426. The topological polar surface area (TPSA) is 48.5 Å². The van der Waals surface area contributed by atoms with Crippen LogP contribution in [0.3, 0.4) is 0 Å². The highest BCUT2D eigenvalue weighted by molar-refractivity contribution is 5.92. The largest absolute Gasteiger partial charge is 0.384 e. The second-order valence-corrected chi connectivity index (χ2v) is 5.24. The summed E-state index contributed by atoms with van der Waals surface area (Å²) < 4.78 is 0. The lowest BCUT2D eigenvalue weighted by molar-refractivity contribution is 0.0776. The molecular weight excluding hydrogens is 252 g/mol. The summed E-state index contributed by atoms with van der Waals surface area (Å²) >= 11 is 0. The summed E-state index contributed by atoms with van der Waals surface area (Å²) in [6.07, 6.45) is 4.28. The van der Waals surface area contributed by atoms with E-state index in [0.29, 0.717) is 5.69 Å². The van der Waals surface area contributed by atoms with Crippen LogP contribution in [0.4, 0.5) is 5.69 Å². The Morgan fingerprint density at radius 2 is 2.15 bits per heavy atom. The number of carbonyl (C=O) groups is 1. The SMILES string of the molecule is CCNc1ccc(C(=O)N(C)CCN2CCCC2)nc1. The number of pyridine rings is 1. The molecule has 0 radical (unpaired) electrons. The van der Waals surface area contributed by atoms with Gasteiger partial charge in [-0.3, -0.25) is 4.79 Å². The summed E-state index contributed by atoms with van der Waals surface area (Å²) in [7, 11) is 1.85. The average Bonchev–Trinajstić information content (AvgIpc) is 2.98. The Morgan fingerprint density at radius 3 is 2.75 bits per heavy atom. The minimum atomic E-state index is -0.00718. The molecule has 1 aliphatic rings. The molecular formula is C15H24N4O. The molecule has 0 atom stereocenters. The zero-order chi connectivity index (χ0) is 14.4. The van der Waals surface area contributed by atoms with Crippen molar-refractivity contribution < 1.29 is 4.79 Å². The quantitative estimate of drug-likeness (QED) is 0.859. The van der Waals surface area contributed by atoms with Crippen LogP contribution in [0.25, 0.3) is 0 Å². The molecule has 1 aromatic heterocycles. The minimum Gasteiger partial charge on any atom is -0.384 e. The second kappa shape index (κ2) is 7.24. The van der Waals surface area contributed by atoms with Gasteiger partial charge in [-0.15, -0.1) is 0 Å². The number of amides is 1. The van der Waals surface area contributed by atoms with Crippen molar-refractivity contribution in [1.29, 1.82) is 0 Å². The van der Waals surface area contributed by atoms with E-state index in [9.17, 15) is 4.79 Å². The highest BCUT2D eigenvalue weighted by atomic mass is 16.2. The number of carbonyl (C=O) groups excluding carboxylic acids is 1. The van der Waals surface area contributed by atoms with E-state index in [0.717, 1.165) is 38.4 Å². The van der Waals surface area contributed by atoms with Crippen molar-refractivity contribution >= 4 is 11.6 Å². The van der Waals surface area contributed by atoms with Crippen LogP contribution in [-0.2, 0) is 0 Å². The highest BCUT2D eigenvalue weighted by Crippen LogP contribution is 2.09. The van der Waals surface area contributed by atoms with Crippen molar-refractivity contribution in [3.8, 4) is 0 Å². The standard InChI is InChI=1S/C15H24N4O/c1-3-16-13-6-7-14(17-12-13)15(20)18(2)10-11-19-8-4-5-9-19/h6-7,12,16H,3-5,8-11H2,1-2H3. The van der Waals surface area contributed by atoms with E-state index in [2.05, 4.69) is 15.2 Å². The van der Waals surface area contributed by atoms with E-state index in [1.165, 1.54) is 12.8 Å². The van der Waals surface area contributed by atoms with Crippen molar-refractivity contribution in [2.75, 3.05) is 45.1 Å². The number of nitrogens with zero attached hydrogens (tertiary/aromatic N) is 3. The Balaban J connectivity index is 1.85. The van der Waals surface area contributed by atoms with E-state index in [1.807, 2.05) is 20.0 Å². The van der Waals surface area contributed by atoms with E-state index >= 15 is 0 Å². The van der Waals surface area contributed by atoms with Crippen molar-refractivity contribution in [1.82, 2.24) is 14.8 Å². The van der Waals surface area contributed by atoms with Gasteiger partial charge in [0.25, 0.3) is 5.91 Å². The lowest BCUT2D eigenvalue weighted by Gasteiger charge is -2.21. The van der Waals surface area contributed by atoms with Gasteiger partial charge in [0.2, 0.25) is 0 Å². The number of anilines is 1. The van der Waals surface area contributed by atoms with Gasteiger partial charge in [-0.25, -0.2) is 4.98 Å². The lowest BCUT2D eigenvalue weighted by atomic mass is 10.3. The Morgan fingerprint density at radius 1 is 1.40 bits per heavy atom. The third-order valence-electron chi connectivity index (χ3n) is 3.66. The number of likely N-dealkylation sites (tertiary alicyclic amines) is 1. The summed E-state index contributed by atoms with van der Waals surface area (Å²) in [5.41, 5.74) is 1.46. The molecule has 1 N–H and O–H groups in total. The molecule has 0 aliphatic carbocycles. The van der Waals surface area contributed by atoms with Gasteiger partial charge in [-0.05, 0) is 45.0 Å². The lowest BCUT2D eigenvalue weighted by Crippen LogP contribution is -2.35. The molecule has 0 aromatic carbocycles. The first-order chi connectivity index (χ1) is 9.70. The van der Waals surface area contributed by atoms with Gasteiger partial charge in [-0.1, -0.05) is 0 Å². The maximum absolute atomic E-state index is 12.2. The van der Waals surface area contributed by atoms with Crippen LogP contribution in [0.15, 0.2) is 18.3 Å². The molecule has 5 nitrogen and oxygen atoms in total. The molecule has 2 heterocycles. The third kappa shape index (κ3) is 3.93. The van der Waals surface area contributed by atoms with E-state index in [4.69, 9.17) is 0 Å². The second-order valence-electron chi connectivity index (χ2n) is 5.24. The molecule has 0 unspecified atom stereocenters. The molecule has 2 rings (SSSR count). The molecule has 1 amide bonds. The third-order valence-corrected chi connectivity index (χ3v) is 3.66. The Labute approximate surface area is 121 Å². The van der Waals surface area contributed by atoms with E-state index in [1.54, 1.807) is 17.2 Å². The number of nitrogens with one attached hydrogen (secondary N) is 1. The molecule has 1 aromatic rings. The summed E-state index contributed by atoms with van der Waals surface area (Å²) in [5, 5.41) is 3.17. The molecule has 1 aliphatic heterocycles. The molecule has 110 valence electrons. The van der Waals surface area contributed by atoms with Crippen molar-refractivity contribution in [2.45, 2.75) is 19.8 Å². The van der Waals surface area contributed by atoms with Crippen LogP contribution < -0.4 is 5.32 Å². The smallest absolute Gasteiger partial charge is 0.272 e. The maximum Gasteiger partial charge on any atom is 0.272 e. The fourth-order valence-electron chi connectivity index (χ4n) is 2.42. The minimum absolute atomic E-state index is 0.00718. The Kier molecular flexibility index (Phi) is 5.35. The normalized spacial score (nSPS) is 15.3. The van der Waals surface area contributed by atoms with Gasteiger partial charge in [-0.2, -0.15) is 0 Å². The summed E-state index contributed by atoms with van der Waals surface area (Å²) in [6, 6.07) is 3.69. The Hall–Kier alpha value is -1.62. The van der Waals surface area contributed by atoms with Gasteiger partial charge < -0.3 is 15.1 Å². The monoisotopic (exact) mass is 276 g/mol. The van der Waals surface area contributed by atoms with Gasteiger partial charge in [0.15, 0.2) is 0 Å². The van der Waals surface area contributed by atoms with E-state index < -0.39 is 0 Å². The number of likely N-dealkylation sites (N-methyl/N-ethyl adjacent to an activating group) is 1. The molecule has 0 saturated carbocycles. The van der Waals surface area contributed by atoms with Gasteiger partial charge in [0.05, 0.1) is 11.9 Å². The van der Waals surface area contributed by atoms with Crippen LogP contribution in [-0.4, -0.2) is 60.5 Å². The molecule has 5 heteroatoms. The molecule has 1 fully saturated rings. The number of hydrogen-bond acceptors (Lipinski definition) is 4. The fraction of sp³-hybridized carbons (Fsp3) is 0.600. The molecule has 20 heavy (non-hydrogen) atoms. The zero-order valence-corrected chi connectivity index (χ0v) is 12.4. The number of rotatable bonds is 6. The molecule has 0 bridgehead atoms. The first kappa shape index (κ1) is 14.8. The van der Waals surface area contributed by atoms with Crippen LogP contribution >= 0.6 is 0 Å². The van der Waals surface area contributed by atoms with E-state index in [-0.39, 0.29) is 5.91 Å². The summed E-state index contributed by atoms with van der Waals surface area (Å²) in [6.45, 7) is 6.93. The van der Waals surface area contributed by atoms with Crippen LogP contribution in [0.2, 0.25) is 0 Å². The average molecular weight is 276 g/mol. The summed E-state index contributed by atoms with van der Waals surface area (Å²) in [5.74, 6) is -0.00718. The van der Waals surface area contributed by atoms with Crippen LogP contribution in [0.1, 0.15) is 30.3 Å². The first-order valence-corrected chi connectivity index (χ1v) is 7.38. The maximum atomic E-state index is 12.2. The van der Waals surface area contributed by atoms with Crippen LogP contribution in [0.5, 0.6) is 0 Å². The molecule has 0 spiro atoms. The van der Waals surface area contributed by atoms with Crippen molar-refractivity contribution in [3.05, 3.63) is 24.0 Å². The van der Waals surface area contributed by atoms with Gasteiger partial charge in [0, 0.05) is 26.7 Å². The predicted molar refractivity (Wildman–Crippen MR) is 81.0 cm³/mol. The van der Waals surface area contributed by atoms with Gasteiger partial charge >= 0.3 is 0 Å². The predicted octanol–water partition coefficient (Wildman–Crippen LogP) is 1.68.